The second-order valence-corrected chi connectivity index (χ2v) is 6.60. The van der Waals surface area contributed by atoms with E-state index < -0.39 is 0 Å². The van der Waals surface area contributed by atoms with Crippen molar-refractivity contribution in [2.24, 2.45) is 11.8 Å². The molecule has 0 saturated carbocycles. The van der Waals surface area contributed by atoms with E-state index in [1.54, 1.807) is 0 Å². The van der Waals surface area contributed by atoms with E-state index in [9.17, 15) is 0 Å². The molecule has 0 aliphatic carbocycles. The lowest BCUT2D eigenvalue weighted by Gasteiger charge is -2.33. The number of rotatable bonds is 3. The van der Waals surface area contributed by atoms with Crippen LogP contribution >= 0.6 is 0 Å². The monoisotopic (exact) mass is 263 g/mol. The molecular formula is C15H25N3O. The highest BCUT2D eigenvalue weighted by Crippen LogP contribution is 2.47. The van der Waals surface area contributed by atoms with Crippen LogP contribution in [0.1, 0.15) is 51.4 Å². The summed E-state index contributed by atoms with van der Waals surface area (Å²) < 4.78 is 6.18. The summed E-state index contributed by atoms with van der Waals surface area (Å²) in [5.41, 5.74) is 4.83. The highest BCUT2D eigenvalue weighted by molar-refractivity contribution is 5.24. The molecule has 2 unspecified atom stereocenters. The average Bonchev–Trinajstić information content (AvgIpc) is 2.51. The normalized spacial score (nSPS) is 26.3. The zero-order valence-electron chi connectivity index (χ0n) is 12.5. The van der Waals surface area contributed by atoms with Crippen LogP contribution in [0.5, 0.6) is 0 Å². The zero-order chi connectivity index (χ0) is 14.3. The van der Waals surface area contributed by atoms with Crippen molar-refractivity contribution in [2.75, 3.05) is 0 Å². The van der Waals surface area contributed by atoms with Gasteiger partial charge in [-0.2, -0.15) is 0 Å². The minimum absolute atomic E-state index is 0.0606. The summed E-state index contributed by atoms with van der Waals surface area (Å²) in [6.07, 6.45) is 2.79. The third-order valence-corrected chi connectivity index (χ3v) is 4.11. The van der Waals surface area contributed by atoms with Gasteiger partial charge in [0.1, 0.15) is 0 Å². The summed E-state index contributed by atoms with van der Waals surface area (Å²) in [4.78, 5) is 4.37. The first-order valence-electron chi connectivity index (χ1n) is 6.85. The van der Waals surface area contributed by atoms with Crippen molar-refractivity contribution in [3.8, 4) is 0 Å². The molecule has 0 radical (unpaired) electrons. The van der Waals surface area contributed by atoms with Gasteiger partial charge in [-0.05, 0) is 52.7 Å². The van der Waals surface area contributed by atoms with Gasteiger partial charge in [-0.25, -0.2) is 0 Å². The molecule has 1 aromatic rings. The number of nitrogens with one attached hydrogen (secondary N) is 1. The van der Waals surface area contributed by atoms with Crippen LogP contribution in [0.4, 0.5) is 0 Å². The smallest absolute Gasteiger partial charge is 0.0681 e. The molecule has 2 atom stereocenters. The van der Waals surface area contributed by atoms with Gasteiger partial charge in [-0.3, -0.25) is 16.3 Å². The van der Waals surface area contributed by atoms with E-state index in [4.69, 9.17) is 10.6 Å². The number of nitrogens with two attached hydrogens (primary N) is 1. The van der Waals surface area contributed by atoms with Crippen molar-refractivity contribution in [2.45, 2.75) is 58.3 Å². The molecular weight excluding hydrogens is 238 g/mol. The first-order chi connectivity index (χ1) is 8.77. The average molecular weight is 263 g/mol. The van der Waals surface area contributed by atoms with E-state index >= 15 is 0 Å². The maximum atomic E-state index is 6.18. The van der Waals surface area contributed by atoms with Gasteiger partial charge in [-0.1, -0.05) is 6.07 Å². The van der Waals surface area contributed by atoms with Crippen molar-refractivity contribution in [3.63, 3.8) is 0 Å². The van der Waals surface area contributed by atoms with Crippen LogP contribution in [0.3, 0.4) is 0 Å². The van der Waals surface area contributed by atoms with Crippen molar-refractivity contribution in [1.82, 2.24) is 10.4 Å². The predicted octanol–water partition coefficient (Wildman–Crippen LogP) is 2.49. The quantitative estimate of drug-likeness (QED) is 0.650. The maximum Gasteiger partial charge on any atom is 0.0681 e. The van der Waals surface area contributed by atoms with Crippen LogP contribution in [0, 0.1) is 12.8 Å². The summed E-state index contributed by atoms with van der Waals surface area (Å²) in [6, 6.07) is 4.11. The molecule has 1 fully saturated rings. The topological polar surface area (TPSA) is 60.2 Å². The Bertz CT molecular complexity index is 456. The molecule has 0 aromatic carbocycles. The first-order valence-corrected chi connectivity index (χ1v) is 6.85. The molecule has 4 heteroatoms. The number of aryl methyl sites for hydroxylation is 1. The van der Waals surface area contributed by atoms with Gasteiger partial charge in [0.2, 0.25) is 0 Å². The standard InChI is InChI=1S/C15H25N3O/c1-10-11(7-6-8-17-10)13(18-16)12-9-14(2,3)19-15(12,4)5/h6-8,12-13,18H,9,16H2,1-5H3. The van der Waals surface area contributed by atoms with E-state index in [1.807, 2.05) is 19.2 Å². The minimum Gasteiger partial charge on any atom is -0.369 e. The van der Waals surface area contributed by atoms with Crippen LogP contribution in [0.15, 0.2) is 18.3 Å². The van der Waals surface area contributed by atoms with Gasteiger partial charge in [0.15, 0.2) is 0 Å². The summed E-state index contributed by atoms with van der Waals surface area (Å²) in [7, 11) is 0. The van der Waals surface area contributed by atoms with Crippen molar-refractivity contribution >= 4 is 0 Å². The summed E-state index contributed by atoms with van der Waals surface area (Å²) in [5, 5.41) is 0. The maximum absolute atomic E-state index is 6.18. The second-order valence-electron chi connectivity index (χ2n) is 6.60. The summed E-state index contributed by atoms with van der Waals surface area (Å²) >= 11 is 0. The number of aromatic nitrogens is 1. The molecule has 3 N–H and O–H groups in total. The van der Waals surface area contributed by atoms with Crippen LogP contribution in [-0.4, -0.2) is 16.2 Å². The Morgan fingerprint density at radius 1 is 1.42 bits per heavy atom. The summed E-state index contributed by atoms with van der Waals surface area (Å²) in [5.74, 6) is 6.15. The van der Waals surface area contributed by atoms with Crippen LogP contribution in [0.25, 0.3) is 0 Å². The van der Waals surface area contributed by atoms with E-state index in [2.05, 4.69) is 44.2 Å². The molecule has 19 heavy (non-hydrogen) atoms. The molecule has 4 nitrogen and oxygen atoms in total. The molecule has 1 aliphatic rings. The molecule has 0 bridgehead atoms. The lowest BCUT2D eigenvalue weighted by Crippen LogP contribution is -2.41. The molecule has 1 saturated heterocycles. The second kappa shape index (κ2) is 4.85. The molecule has 2 rings (SSSR count). The number of hydrogen-bond donors (Lipinski definition) is 2. The van der Waals surface area contributed by atoms with E-state index in [1.165, 1.54) is 0 Å². The largest absolute Gasteiger partial charge is 0.369 e. The lowest BCUT2D eigenvalue weighted by molar-refractivity contribution is -0.0779. The summed E-state index contributed by atoms with van der Waals surface area (Å²) in [6.45, 7) is 10.6. The molecule has 1 aromatic heterocycles. The Morgan fingerprint density at radius 2 is 2.11 bits per heavy atom. The Balaban J connectivity index is 2.36. The Hall–Kier alpha value is -0.970. The van der Waals surface area contributed by atoms with Gasteiger partial charge in [-0.15, -0.1) is 0 Å². The molecule has 2 heterocycles. The molecule has 0 amide bonds. The van der Waals surface area contributed by atoms with Crippen molar-refractivity contribution in [3.05, 3.63) is 29.6 Å². The molecule has 0 spiro atoms. The molecule has 106 valence electrons. The first kappa shape index (κ1) is 14.4. The lowest BCUT2D eigenvalue weighted by atomic mass is 9.79. The highest BCUT2D eigenvalue weighted by Gasteiger charge is 2.49. The number of ether oxygens (including phenoxy) is 1. The van der Waals surface area contributed by atoms with Gasteiger partial charge in [0.25, 0.3) is 0 Å². The fourth-order valence-electron chi connectivity index (χ4n) is 3.37. The minimum atomic E-state index is -0.206. The van der Waals surface area contributed by atoms with Gasteiger partial charge >= 0.3 is 0 Å². The van der Waals surface area contributed by atoms with Crippen molar-refractivity contribution in [1.29, 1.82) is 0 Å². The van der Waals surface area contributed by atoms with E-state index in [0.717, 1.165) is 17.7 Å². The Morgan fingerprint density at radius 3 is 2.58 bits per heavy atom. The van der Waals surface area contributed by atoms with Crippen LogP contribution < -0.4 is 11.3 Å². The Kier molecular flexibility index (Phi) is 3.69. The SMILES string of the molecule is Cc1ncccc1C(NN)C1CC(C)(C)OC1(C)C. The van der Waals surface area contributed by atoms with E-state index in [-0.39, 0.29) is 17.2 Å². The number of hydrazine groups is 1. The van der Waals surface area contributed by atoms with Gasteiger partial charge in [0, 0.05) is 17.8 Å². The number of pyridine rings is 1. The third kappa shape index (κ3) is 2.81. The zero-order valence-corrected chi connectivity index (χ0v) is 12.5. The fourth-order valence-corrected chi connectivity index (χ4v) is 3.37. The van der Waals surface area contributed by atoms with Crippen LogP contribution in [0.2, 0.25) is 0 Å². The van der Waals surface area contributed by atoms with Gasteiger partial charge in [0.05, 0.1) is 17.2 Å². The third-order valence-electron chi connectivity index (χ3n) is 4.11. The predicted molar refractivity (Wildman–Crippen MR) is 76.4 cm³/mol. The fraction of sp³-hybridized carbons (Fsp3) is 0.667. The number of hydrogen-bond acceptors (Lipinski definition) is 4. The number of nitrogens with zero attached hydrogens (tertiary/aromatic N) is 1. The Labute approximate surface area is 115 Å². The van der Waals surface area contributed by atoms with E-state index in [0.29, 0.717) is 5.92 Å². The van der Waals surface area contributed by atoms with Crippen LogP contribution in [-0.2, 0) is 4.74 Å². The molecule has 1 aliphatic heterocycles. The van der Waals surface area contributed by atoms with Gasteiger partial charge < -0.3 is 4.74 Å². The van der Waals surface area contributed by atoms with Crippen molar-refractivity contribution < 1.29 is 4.74 Å². The highest BCUT2D eigenvalue weighted by atomic mass is 16.5.